The molecule has 0 spiro atoms. The highest BCUT2D eigenvalue weighted by molar-refractivity contribution is 6.99. The average Bonchev–Trinajstić information content (AvgIpc) is 3.41. The molecule has 0 bridgehead atoms. The molecule has 5 aromatic rings. The van der Waals surface area contributed by atoms with Crippen LogP contribution in [0.15, 0.2) is 72.9 Å². The molecule has 3 aromatic heterocycles. The molecule has 264 valence electrons. The molecular formula is C37H47N7O5Si. The Morgan fingerprint density at radius 1 is 1.02 bits per heavy atom. The van der Waals surface area contributed by atoms with Gasteiger partial charge >= 0.3 is 6.09 Å². The molecule has 0 radical (unpaired) electrons. The Morgan fingerprint density at radius 2 is 1.68 bits per heavy atom. The second kappa shape index (κ2) is 15.8. The lowest BCUT2D eigenvalue weighted by molar-refractivity contribution is 0.209. The van der Waals surface area contributed by atoms with Gasteiger partial charge in [0, 0.05) is 18.8 Å². The fourth-order valence-corrected chi connectivity index (χ4v) is 11.2. The Labute approximate surface area is 294 Å². The maximum Gasteiger partial charge on any atom is 0.411 e. The van der Waals surface area contributed by atoms with Gasteiger partial charge in [-0.3, -0.25) is 15.0 Å². The SMILES string of the molecule is CCC[C@@H](CCO[Si](c1ccccc1)(c1ccccc1)C(C)(C)C)Nc1nc(NC(=O)O)nc2c(C)nn(Cc3ncc(CO)cc3OC)c12. The van der Waals surface area contributed by atoms with Crippen molar-refractivity contribution in [3.05, 3.63) is 89.9 Å². The van der Waals surface area contributed by atoms with Crippen molar-refractivity contribution in [2.45, 2.75) is 78.1 Å². The van der Waals surface area contributed by atoms with Gasteiger partial charge in [0.15, 0.2) is 5.82 Å². The molecule has 50 heavy (non-hydrogen) atoms. The fourth-order valence-electron chi connectivity index (χ4n) is 6.58. The van der Waals surface area contributed by atoms with Crippen LogP contribution in [0.5, 0.6) is 5.75 Å². The van der Waals surface area contributed by atoms with E-state index in [4.69, 9.17) is 14.3 Å². The highest BCUT2D eigenvalue weighted by Gasteiger charge is 2.50. The van der Waals surface area contributed by atoms with E-state index in [9.17, 15) is 15.0 Å². The fraction of sp³-hybridized carbons (Fsp3) is 0.378. The monoisotopic (exact) mass is 697 g/mol. The van der Waals surface area contributed by atoms with Gasteiger partial charge in [-0.25, -0.2) is 9.78 Å². The first-order valence-electron chi connectivity index (χ1n) is 16.9. The molecular weight excluding hydrogens is 651 g/mol. The maximum absolute atomic E-state index is 11.7. The number of hydrogen-bond donors (Lipinski definition) is 4. The molecule has 1 amide bonds. The van der Waals surface area contributed by atoms with E-state index in [1.165, 1.54) is 10.4 Å². The van der Waals surface area contributed by atoms with Crippen molar-refractivity contribution in [3.8, 4) is 5.75 Å². The van der Waals surface area contributed by atoms with Gasteiger partial charge < -0.3 is 24.7 Å². The Morgan fingerprint density at radius 3 is 2.24 bits per heavy atom. The van der Waals surface area contributed by atoms with Crippen molar-refractivity contribution in [1.82, 2.24) is 24.7 Å². The molecule has 5 rings (SSSR count). The molecule has 0 aliphatic rings. The predicted molar refractivity (Wildman–Crippen MR) is 198 cm³/mol. The lowest BCUT2D eigenvalue weighted by atomic mass is 10.1. The molecule has 3 heterocycles. The number of anilines is 2. The Hall–Kier alpha value is -4.85. The first-order chi connectivity index (χ1) is 24.0. The van der Waals surface area contributed by atoms with Gasteiger partial charge in [-0.15, -0.1) is 0 Å². The van der Waals surface area contributed by atoms with Crippen LogP contribution in [0, 0.1) is 6.92 Å². The second-order valence-corrected chi connectivity index (χ2v) is 17.7. The summed E-state index contributed by atoms with van der Waals surface area (Å²) in [7, 11) is -1.19. The summed E-state index contributed by atoms with van der Waals surface area (Å²) in [6.07, 6.45) is 2.74. The number of carbonyl (C=O) groups is 1. The summed E-state index contributed by atoms with van der Waals surface area (Å²) in [6.45, 7) is 11.3. The van der Waals surface area contributed by atoms with Gasteiger partial charge in [0.25, 0.3) is 8.32 Å². The quantitative estimate of drug-likeness (QED) is 0.0999. The van der Waals surface area contributed by atoms with Crippen LogP contribution in [0.4, 0.5) is 16.6 Å². The van der Waals surface area contributed by atoms with Crippen LogP contribution < -0.4 is 25.7 Å². The van der Waals surface area contributed by atoms with Crippen LogP contribution >= 0.6 is 0 Å². The van der Waals surface area contributed by atoms with E-state index in [0.717, 1.165) is 12.8 Å². The van der Waals surface area contributed by atoms with Crippen LogP contribution in [-0.2, 0) is 17.6 Å². The Kier molecular flexibility index (Phi) is 11.5. The van der Waals surface area contributed by atoms with E-state index < -0.39 is 14.4 Å². The van der Waals surface area contributed by atoms with Crippen molar-refractivity contribution < 1.29 is 24.2 Å². The van der Waals surface area contributed by atoms with E-state index in [0.29, 0.717) is 52.6 Å². The minimum absolute atomic E-state index is 0.0445. The number of amides is 1. The van der Waals surface area contributed by atoms with Gasteiger partial charge in [0.2, 0.25) is 5.95 Å². The normalized spacial score (nSPS) is 12.5. The van der Waals surface area contributed by atoms with Crippen molar-refractivity contribution in [2.24, 2.45) is 0 Å². The number of aryl methyl sites for hydroxylation is 1. The number of aliphatic hydroxyl groups is 1. The summed E-state index contributed by atoms with van der Waals surface area (Å²) in [5.74, 6) is 0.924. The van der Waals surface area contributed by atoms with Crippen LogP contribution in [0.3, 0.4) is 0 Å². The summed E-state index contributed by atoms with van der Waals surface area (Å²) in [5.41, 5.74) is 2.96. The summed E-state index contributed by atoms with van der Waals surface area (Å²) >= 11 is 0. The number of ether oxygens (including phenoxy) is 1. The van der Waals surface area contributed by atoms with Gasteiger partial charge in [-0.05, 0) is 46.8 Å². The van der Waals surface area contributed by atoms with Gasteiger partial charge in [0.1, 0.15) is 22.5 Å². The van der Waals surface area contributed by atoms with Crippen LogP contribution in [-0.4, -0.2) is 69.1 Å². The van der Waals surface area contributed by atoms with Crippen molar-refractivity contribution in [1.29, 1.82) is 0 Å². The number of fused-ring (bicyclic) bond motifs is 1. The zero-order valence-electron chi connectivity index (χ0n) is 29.6. The summed E-state index contributed by atoms with van der Waals surface area (Å²) in [5, 5.41) is 32.1. The van der Waals surface area contributed by atoms with Crippen molar-refractivity contribution in [2.75, 3.05) is 24.4 Å². The topological polar surface area (TPSA) is 157 Å². The number of aliphatic hydroxyl groups excluding tert-OH is 1. The first kappa shape index (κ1) is 36.4. The number of hydrogen-bond acceptors (Lipinski definition) is 9. The molecule has 0 aliphatic carbocycles. The number of pyridine rings is 1. The number of nitrogens with one attached hydrogen (secondary N) is 2. The molecule has 2 aromatic carbocycles. The molecule has 12 nitrogen and oxygen atoms in total. The largest absolute Gasteiger partial charge is 0.495 e. The molecule has 1 atom stereocenters. The number of benzene rings is 2. The third-order valence-electron chi connectivity index (χ3n) is 8.84. The van der Waals surface area contributed by atoms with E-state index in [-0.39, 0.29) is 30.2 Å². The third kappa shape index (κ3) is 7.80. The predicted octanol–water partition coefficient (Wildman–Crippen LogP) is 5.72. The highest BCUT2D eigenvalue weighted by atomic mass is 28.4. The molecule has 4 N–H and O–H groups in total. The Bertz CT molecular complexity index is 1860. The second-order valence-electron chi connectivity index (χ2n) is 13.3. The zero-order chi connectivity index (χ0) is 35.9. The van der Waals surface area contributed by atoms with E-state index in [1.807, 2.05) is 19.1 Å². The maximum atomic E-state index is 11.7. The highest BCUT2D eigenvalue weighted by Crippen LogP contribution is 2.37. The van der Waals surface area contributed by atoms with Gasteiger partial charge in [-0.2, -0.15) is 10.1 Å². The van der Waals surface area contributed by atoms with Crippen LogP contribution in [0.25, 0.3) is 11.0 Å². The van der Waals surface area contributed by atoms with Crippen molar-refractivity contribution >= 4 is 47.6 Å². The average molecular weight is 698 g/mol. The number of carboxylic acid groups (broad SMARTS) is 1. The van der Waals surface area contributed by atoms with Crippen molar-refractivity contribution in [3.63, 3.8) is 0 Å². The van der Waals surface area contributed by atoms with E-state index in [2.05, 4.69) is 102 Å². The van der Waals surface area contributed by atoms with Crippen LogP contribution in [0.2, 0.25) is 5.04 Å². The summed E-state index contributed by atoms with van der Waals surface area (Å²) in [6, 6.07) is 22.8. The molecule has 0 aliphatic heterocycles. The smallest absolute Gasteiger partial charge is 0.411 e. The number of aromatic nitrogens is 5. The number of rotatable bonds is 15. The Balaban J connectivity index is 1.51. The molecule has 0 fully saturated rings. The number of methoxy groups -OCH3 is 1. The van der Waals surface area contributed by atoms with E-state index >= 15 is 0 Å². The third-order valence-corrected chi connectivity index (χ3v) is 13.9. The molecule has 0 saturated heterocycles. The molecule has 0 saturated carbocycles. The number of nitrogens with zero attached hydrogens (tertiary/aromatic N) is 5. The van der Waals surface area contributed by atoms with Gasteiger partial charge in [-0.1, -0.05) is 94.8 Å². The minimum atomic E-state index is -2.74. The lowest BCUT2D eigenvalue weighted by Gasteiger charge is -2.43. The molecule has 13 heteroatoms. The summed E-state index contributed by atoms with van der Waals surface area (Å²) < 4.78 is 14.5. The van der Waals surface area contributed by atoms with Crippen LogP contribution in [0.1, 0.15) is 63.9 Å². The van der Waals surface area contributed by atoms with Gasteiger partial charge in [0.05, 0.1) is 26.0 Å². The standard InChI is InChI=1S/C37H47N7O5Si/c1-7-14-27(19-20-49-50(37(3,4)5,28-15-10-8-11-16-28)29-17-12-9-13-18-29)39-34-33-32(40-35(41-34)42-36(46)47)25(2)43-44(33)23-30-31(48-6)21-26(24-45)22-38-30/h8-13,15-18,21-22,27,45H,7,14,19-20,23-24H2,1-6H3,(H,46,47)(H2,39,40,41,42)/t27-/m0/s1. The van der Waals surface area contributed by atoms with E-state index in [1.54, 1.807) is 24.1 Å². The molecule has 0 unspecified atom stereocenters. The minimum Gasteiger partial charge on any atom is -0.495 e. The first-order valence-corrected chi connectivity index (χ1v) is 18.8. The summed E-state index contributed by atoms with van der Waals surface area (Å²) in [4.78, 5) is 25.4. The zero-order valence-corrected chi connectivity index (χ0v) is 30.6. The lowest BCUT2D eigenvalue weighted by Crippen LogP contribution is -2.66.